The van der Waals surface area contributed by atoms with Gasteiger partial charge in [-0.05, 0) is 31.2 Å². The van der Waals surface area contributed by atoms with Crippen molar-refractivity contribution in [2.24, 2.45) is 0 Å². The van der Waals surface area contributed by atoms with Gasteiger partial charge in [-0.25, -0.2) is 0 Å². The number of nitrogens with one attached hydrogen (secondary N) is 1. The quantitative estimate of drug-likeness (QED) is 0.509. The molecule has 6 heteroatoms. The average Bonchev–Trinajstić information content (AvgIpc) is 2.86. The number of benzene rings is 1. The molecule has 102 valence electrons. The molecule has 1 N–H and O–H groups in total. The maximum absolute atomic E-state index is 11.1. The van der Waals surface area contributed by atoms with Gasteiger partial charge in [0.05, 0.1) is 4.92 Å². The largest absolute Gasteiger partial charge is 0.376 e. The molecule has 1 fully saturated rings. The minimum absolute atomic E-state index is 0.0312. The summed E-state index contributed by atoms with van der Waals surface area (Å²) < 4.78 is 0. The van der Waals surface area contributed by atoms with E-state index < -0.39 is 4.92 Å². The number of nitrogens with zero attached hydrogens (tertiary/aromatic N) is 1. The number of carbonyl (C=O) groups excluding carboxylic acids is 1. The number of hydrogen-bond acceptors (Lipinski definition) is 5. The third-order valence-corrected chi connectivity index (χ3v) is 4.62. The van der Waals surface area contributed by atoms with Gasteiger partial charge in [0.2, 0.25) is 0 Å². The number of anilines is 1. The van der Waals surface area contributed by atoms with Gasteiger partial charge in [-0.2, -0.15) is 11.8 Å². The molecule has 19 heavy (non-hydrogen) atoms. The molecule has 0 heterocycles. The smallest absolute Gasteiger partial charge is 0.293 e. The highest BCUT2D eigenvalue weighted by atomic mass is 32.2. The first kappa shape index (κ1) is 13.9. The molecule has 1 saturated carbocycles. The molecule has 0 amide bonds. The zero-order valence-corrected chi connectivity index (χ0v) is 11.5. The van der Waals surface area contributed by atoms with Crippen molar-refractivity contribution in [2.45, 2.75) is 30.6 Å². The number of nitro benzene ring substituents is 1. The van der Waals surface area contributed by atoms with Crippen molar-refractivity contribution in [1.29, 1.82) is 0 Å². The lowest BCUT2D eigenvalue weighted by Crippen LogP contribution is -2.26. The molecule has 2 atom stereocenters. The van der Waals surface area contributed by atoms with E-state index >= 15 is 0 Å². The van der Waals surface area contributed by atoms with Gasteiger partial charge in [-0.1, -0.05) is 6.42 Å². The van der Waals surface area contributed by atoms with E-state index in [0.717, 1.165) is 19.3 Å². The van der Waals surface area contributed by atoms with Crippen LogP contribution < -0.4 is 5.32 Å². The molecule has 2 unspecified atom stereocenters. The molecule has 1 aliphatic carbocycles. The van der Waals surface area contributed by atoms with Crippen molar-refractivity contribution in [1.82, 2.24) is 0 Å². The van der Waals surface area contributed by atoms with Gasteiger partial charge >= 0.3 is 0 Å². The topological polar surface area (TPSA) is 72.2 Å². The maximum atomic E-state index is 11.1. The fourth-order valence-electron chi connectivity index (χ4n) is 2.47. The highest BCUT2D eigenvalue weighted by molar-refractivity contribution is 7.99. The molecule has 0 spiro atoms. The first-order valence-electron chi connectivity index (χ1n) is 6.18. The van der Waals surface area contributed by atoms with E-state index in [1.165, 1.54) is 6.07 Å². The Labute approximate surface area is 115 Å². The Bertz CT molecular complexity index is 493. The summed E-state index contributed by atoms with van der Waals surface area (Å²) in [4.78, 5) is 21.3. The van der Waals surface area contributed by atoms with E-state index in [4.69, 9.17) is 0 Å². The van der Waals surface area contributed by atoms with Gasteiger partial charge in [0.25, 0.3) is 5.69 Å². The lowest BCUT2D eigenvalue weighted by atomic mass is 10.1. The molecule has 0 saturated heterocycles. The van der Waals surface area contributed by atoms with Crippen LogP contribution in [-0.4, -0.2) is 28.8 Å². The second-order valence-corrected chi connectivity index (χ2v) is 5.68. The Kier molecular flexibility index (Phi) is 4.42. The molecular formula is C13H16N2O3S. The fourth-order valence-corrected chi connectivity index (χ4v) is 3.40. The van der Waals surface area contributed by atoms with Gasteiger partial charge < -0.3 is 5.32 Å². The predicted octanol–water partition coefficient (Wildman–Crippen LogP) is 3.10. The maximum Gasteiger partial charge on any atom is 0.293 e. The van der Waals surface area contributed by atoms with Gasteiger partial charge in [0, 0.05) is 22.9 Å². The standard InChI is InChI=1S/C13H16N2O3S/c1-19-13-4-2-3-11(13)14-10-6-5-9(8-16)7-12(10)15(17)18/h5-8,11,13-14H,2-4H2,1H3. The van der Waals surface area contributed by atoms with E-state index in [-0.39, 0.29) is 11.7 Å². The summed E-state index contributed by atoms with van der Waals surface area (Å²) in [6.07, 6.45) is 5.99. The Hall–Kier alpha value is -1.56. The third kappa shape index (κ3) is 3.07. The second-order valence-electron chi connectivity index (χ2n) is 4.61. The summed E-state index contributed by atoms with van der Waals surface area (Å²) in [5.74, 6) is 0. The van der Waals surface area contributed by atoms with Crippen LogP contribution in [-0.2, 0) is 0 Å². The van der Waals surface area contributed by atoms with E-state index in [2.05, 4.69) is 11.6 Å². The summed E-state index contributed by atoms with van der Waals surface area (Å²) in [5, 5.41) is 14.8. The van der Waals surface area contributed by atoms with Crippen LogP contribution in [0.3, 0.4) is 0 Å². The van der Waals surface area contributed by atoms with Crippen LogP contribution in [0.15, 0.2) is 18.2 Å². The molecule has 0 aromatic heterocycles. The van der Waals surface area contributed by atoms with Crippen LogP contribution in [0.5, 0.6) is 0 Å². The van der Waals surface area contributed by atoms with Crippen molar-refractivity contribution in [2.75, 3.05) is 11.6 Å². The SMILES string of the molecule is CSC1CCCC1Nc1ccc(C=O)cc1[N+](=O)[O-]. The summed E-state index contributed by atoms with van der Waals surface area (Å²) in [5.41, 5.74) is 0.794. The van der Waals surface area contributed by atoms with E-state index in [9.17, 15) is 14.9 Å². The molecule has 2 rings (SSSR count). The zero-order chi connectivity index (χ0) is 13.8. The highest BCUT2D eigenvalue weighted by Crippen LogP contribution is 2.33. The highest BCUT2D eigenvalue weighted by Gasteiger charge is 2.28. The third-order valence-electron chi connectivity index (χ3n) is 3.45. The molecule has 1 aromatic rings. The molecule has 1 aromatic carbocycles. The first-order valence-corrected chi connectivity index (χ1v) is 7.47. The lowest BCUT2D eigenvalue weighted by molar-refractivity contribution is -0.384. The van der Waals surface area contributed by atoms with Crippen LogP contribution in [0.2, 0.25) is 0 Å². The monoisotopic (exact) mass is 280 g/mol. The summed E-state index contributed by atoms with van der Waals surface area (Å²) in [7, 11) is 0. The lowest BCUT2D eigenvalue weighted by Gasteiger charge is -2.20. The van der Waals surface area contributed by atoms with Crippen molar-refractivity contribution in [3.63, 3.8) is 0 Å². The number of nitro groups is 1. The van der Waals surface area contributed by atoms with Gasteiger partial charge in [-0.15, -0.1) is 0 Å². The van der Waals surface area contributed by atoms with Crippen molar-refractivity contribution < 1.29 is 9.72 Å². The number of carbonyl (C=O) groups is 1. The Morgan fingerprint density at radius 3 is 2.89 bits per heavy atom. The number of thioether (sulfide) groups is 1. The summed E-state index contributed by atoms with van der Waals surface area (Å²) >= 11 is 1.79. The number of hydrogen-bond donors (Lipinski definition) is 1. The Morgan fingerprint density at radius 2 is 2.26 bits per heavy atom. The fraction of sp³-hybridized carbons (Fsp3) is 0.462. The van der Waals surface area contributed by atoms with E-state index in [1.54, 1.807) is 23.9 Å². The van der Waals surface area contributed by atoms with Crippen LogP contribution in [0.4, 0.5) is 11.4 Å². The first-order chi connectivity index (χ1) is 9.15. The Morgan fingerprint density at radius 1 is 1.47 bits per heavy atom. The molecule has 1 aliphatic rings. The summed E-state index contributed by atoms with van der Waals surface area (Å²) in [6, 6.07) is 4.80. The number of aldehydes is 1. The van der Waals surface area contributed by atoms with Crippen molar-refractivity contribution in [3.8, 4) is 0 Å². The van der Waals surface area contributed by atoms with Crippen LogP contribution in [0.1, 0.15) is 29.6 Å². The number of rotatable bonds is 5. The zero-order valence-electron chi connectivity index (χ0n) is 10.7. The van der Waals surface area contributed by atoms with Gasteiger partial charge in [0.15, 0.2) is 0 Å². The van der Waals surface area contributed by atoms with Crippen LogP contribution in [0.25, 0.3) is 0 Å². The van der Waals surface area contributed by atoms with E-state index in [1.807, 2.05) is 0 Å². The van der Waals surface area contributed by atoms with Crippen LogP contribution in [0, 0.1) is 10.1 Å². The van der Waals surface area contributed by atoms with Gasteiger partial charge in [0.1, 0.15) is 12.0 Å². The van der Waals surface area contributed by atoms with Gasteiger partial charge in [-0.3, -0.25) is 14.9 Å². The molecule has 5 nitrogen and oxygen atoms in total. The molecule has 0 aliphatic heterocycles. The van der Waals surface area contributed by atoms with Crippen LogP contribution >= 0.6 is 11.8 Å². The minimum Gasteiger partial charge on any atom is -0.376 e. The molecule has 0 bridgehead atoms. The normalized spacial score (nSPS) is 22.2. The minimum atomic E-state index is -0.446. The summed E-state index contributed by atoms with van der Waals surface area (Å²) in [6.45, 7) is 0. The van der Waals surface area contributed by atoms with Crippen molar-refractivity contribution >= 4 is 29.4 Å². The van der Waals surface area contributed by atoms with Crippen molar-refractivity contribution in [3.05, 3.63) is 33.9 Å². The molecule has 0 radical (unpaired) electrons. The van der Waals surface area contributed by atoms with E-state index in [0.29, 0.717) is 22.8 Å². The Balaban J connectivity index is 2.24. The second kappa shape index (κ2) is 6.06. The molecular weight excluding hydrogens is 264 g/mol. The predicted molar refractivity (Wildman–Crippen MR) is 77.0 cm³/mol. The average molecular weight is 280 g/mol.